The van der Waals surface area contributed by atoms with Crippen molar-refractivity contribution in [2.24, 2.45) is 0 Å². The standard InChI is InChI=1S/C26H31N3O3S/c1-3-4-17-32-23-8-6-5-7-21(23)18-24-25(30)29(26(31)33-24)19-27-13-15-28(16-14-27)22-11-9-20(2)10-12-22/h5-12,18H,3-4,13-17,19H2,1-2H3/p+1/b24-18+. The van der Waals surface area contributed by atoms with E-state index in [0.717, 1.165) is 62.1 Å². The van der Waals surface area contributed by atoms with Crippen LogP contribution in [0.5, 0.6) is 5.75 Å². The van der Waals surface area contributed by atoms with Crippen LogP contribution in [0.3, 0.4) is 0 Å². The fourth-order valence-corrected chi connectivity index (χ4v) is 4.88. The first kappa shape index (κ1) is 23.4. The Bertz CT molecular complexity index is 1010. The zero-order valence-electron chi connectivity index (χ0n) is 19.4. The lowest BCUT2D eigenvalue weighted by molar-refractivity contribution is -0.907. The number of imide groups is 1. The number of para-hydroxylation sites is 1. The Morgan fingerprint density at radius 2 is 1.79 bits per heavy atom. The number of thioether (sulfide) groups is 1. The molecule has 0 saturated carbocycles. The maximum Gasteiger partial charge on any atom is 0.298 e. The number of carbonyl (C=O) groups is 2. The normalized spacial score (nSPS) is 18.4. The zero-order chi connectivity index (χ0) is 23.2. The summed E-state index contributed by atoms with van der Waals surface area (Å²) in [6.45, 7) is 8.87. The number of aryl methyl sites for hydroxylation is 1. The van der Waals surface area contributed by atoms with Gasteiger partial charge in [0, 0.05) is 11.3 Å². The molecule has 6 nitrogen and oxygen atoms in total. The van der Waals surface area contributed by atoms with E-state index in [1.165, 1.54) is 21.1 Å². The van der Waals surface area contributed by atoms with Crippen LogP contribution in [-0.4, -0.2) is 55.5 Å². The van der Waals surface area contributed by atoms with E-state index in [1.807, 2.05) is 24.3 Å². The Kier molecular flexibility index (Phi) is 7.73. The fourth-order valence-electron chi connectivity index (χ4n) is 4.05. The van der Waals surface area contributed by atoms with Crippen LogP contribution in [0, 0.1) is 6.92 Å². The minimum Gasteiger partial charge on any atom is -0.493 e. The van der Waals surface area contributed by atoms with E-state index in [4.69, 9.17) is 4.74 Å². The average Bonchev–Trinajstić information content (AvgIpc) is 3.09. The van der Waals surface area contributed by atoms with Crippen LogP contribution in [0.25, 0.3) is 6.08 Å². The van der Waals surface area contributed by atoms with Crippen LogP contribution in [-0.2, 0) is 4.79 Å². The van der Waals surface area contributed by atoms with E-state index in [2.05, 4.69) is 43.0 Å². The molecule has 0 spiro atoms. The predicted molar refractivity (Wildman–Crippen MR) is 134 cm³/mol. The number of nitrogens with one attached hydrogen (secondary N) is 1. The molecule has 0 aromatic heterocycles. The highest BCUT2D eigenvalue weighted by atomic mass is 32.2. The van der Waals surface area contributed by atoms with E-state index in [0.29, 0.717) is 18.2 Å². The number of piperazine rings is 1. The molecule has 7 heteroatoms. The average molecular weight is 467 g/mol. The fraction of sp³-hybridized carbons (Fsp3) is 0.385. The SMILES string of the molecule is CCCCOc1ccccc1/C=C1/SC(=O)N(C[NH+]2CCN(c3ccc(C)cc3)CC2)C1=O. The minimum atomic E-state index is -0.207. The van der Waals surface area contributed by atoms with Gasteiger partial charge in [0.05, 0.1) is 37.7 Å². The summed E-state index contributed by atoms with van der Waals surface area (Å²) < 4.78 is 5.88. The summed E-state index contributed by atoms with van der Waals surface area (Å²) in [5, 5.41) is -0.191. The second-order valence-corrected chi connectivity index (χ2v) is 9.57. The van der Waals surface area contributed by atoms with Crippen LogP contribution in [0.2, 0.25) is 0 Å². The number of anilines is 1. The molecule has 2 aromatic rings. The summed E-state index contributed by atoms with van der Waals surface area (Å²) in [5.74, 6) is 0.539. The van der Waals surface area contributed by atoms with E-state index < -0.39 is 0 Å². The van der Waals surface area contributed by atoms with Crippen LogP contribution < -0.4 is 14.5 Å². The zero-order valence-corrected chi connectivity index (χ0v) is 20.2. The summed E-state index contributed by atoms with van der Waals surface area (Å²) in [6.07, 6.45) is 3.82. The maximum absolute atomic E-state index is 13.0. The molecule has 0 unspecified atom stereocenters. The van der Waals surface area contributed by atoms with Crippen LogP contribution >= 0.6 is 11.8 Å². The van der Waals surface area contributed by atoms with Crippen LogP contribution in [0.1, 0.15) is 30.9 Å². The number of carbonyl (C=O) groups excluding carboxylic acids is 2. The molecule has 4 rings (SSSR count). The van der Waals surface area contributed by atoms with Crippen LogP contribution in [0.4, 0.5) is 10.5 Å². The molecule has 2 saturated heterocycles. The van der Waals surface area contributed by atoms with E-state index in [9.17, 15) is 9.59 Å². The van der Waals surface area contributed by atoms with Crippen molar-refractivity contribution in [2.45, 2.75) is 26.7 Å². The molecule has 1 N–H and O–H groups in total. The van der Waals surface area contributed by atoms with Crippen molar-refractivity contribution in [1.82, 2.24) is 4.90 Å². The summed E-state index contributed by atoms with van der Waals surface area (Å²) in [7, 11) is 0. The second-order valence-electron chi connectivity index (χ2n) is 8.58. The maximum atomic E-state index is 13.0. The number of hydrogen-bond acceptors (Lipinski definition) is 5. The lowest BCUT2D eigenvalue weighted by Crippen LogP contribution is -3.16. The minimum absolute atomic E-state index is 0.191. The first-order valence-electron chi connectivity index (χ1n) is 11.7. The molecule has 0 aliphatic carbocycles. The molecule has 2 aromatic carbocycles. The van der Waals surface area contributed by atoms with Crippen molar-refractivity contribution in [2.75, 3.05) is 44.4 Å². The molecule has 33 heavy (non-hydrogen) atoms. The second kappa shape index (κ2) is 10.9. The van der Waals surface area contributed by atoms with Gasteiger partial charge in [0.1, 0.15) is 5.75 Å². The third-order valence-electron chi connectivity index (χ3n) is 6.09. The highest BCUT2D eigenvalue weighted by molar-refractivity contribution is 8.18. The van der Waals surface area contributed by atoms with Crippen molar-refractivity contribution < 1.29 is 19.2 Å². The summed E-state index contributed by atoms with van der Waals surface area (Å²) in [6, 6.07) is 16.2. The van der Waals surface area contributed by atoms with Crippen LogP contribution in [0.15, 0.2) is 53.4 Å². The van der Waals surface area contributed by atoms with Gasteiger partial charge in [-0.25, -0.2) is 4.90 Å². The highest BCUT2D eigenvalue weighted by Gasteiger charge is 2.38. The summed E-state index contributed by atoms with van der Waals surface area (Å²) >= 11 is 1.02. The molecule has 0 atom stereocenters. The van der Waals surface area contributed by atoms with Gasteiger partial charge in [-0.2, -0.15) is 0 Å². The van der Waals surface area contributed by atoms with Crippen molar-refractivity contribution in [3.8, 4) is 5.75 Å². The Morgan fingerprint density at radius 1 is 1.06 bits per heavy atom. The molecular weight excluding hydrogens is 434 g/mol. The van der Waals surface area contributed by atoms with E-state index in [1.54, 1.807) is 6.08 Å². The van der Waals surface area contributed by atoms with Crippen molar-refractivity contribution in [1.29, 1.82) is 0 Å². The molecule has 0 radical (unpaired) electrons. The first-order chi connectivity index (χ1) is 16.0. The molecule has 2 heterocycles. The van der Waals surface area contributed by atoms with Gasteiger partial charge in [-0.05, 0) is 49.4 Å². The number of ether oxygens (including phenoxy) is 1. The number of benzene rings is 2. The Balaban J connectivity index is 1.37. The van der Waals surface area contributed by atoms with E-state index >= 15 is 0 Å². The third-order valence-corrected chi connectivity index (χ3v) is 6.99. The number of amides is 2. The lowest BCUT2D eigenvalue weighted by atomic mass is 10.2. The summed E-state index contributed by atoms with van der Waals surface area (Å²) in [4.78, 5) is 31.2. The lowest BCUT2D eigenvalue weighted by Gasteiger charge is -2.34. The number of unbranched alkanes of at least 4 members (excludes halogenated alkanes) is 1. The quantitative estimate of drug-likeness (QED) is 0.476. The van der Waals surface area contributed by atoms with Gasteiger partial charge in [0.2, 0.25) is 0 Å². The van der Waals surface area contributed by atoms with Gasteiger partial charge in [-0.3, -0.25) is 9.59 Å². The van der Waals surface area contributed by atoms with Crippen molar-refractivity contribution >= 4 is 34.7 Å². The Morgan fingerprint density at radius 3 is 2.52 bits per heavy atom. The third kappa shape index (κ3) is 5.78. The topological polar surface area (TPSA) is 54.3 Å². The molecule has 2 aliphatic heterocycles. The Labute approximate surface area is 200 Å². The van der Waals surface area contributed by atoms with Gasteiger partial charge >= 0.3 is 0 Å². The van der Waals surface area contributed by atoms with Gasteiger partial charge in [-0.1, -0.05) is 49.2 Å². The number of rotatable bonds is 8. The molecule has 0 bridgehead atoms. The summed E-state index contributed by atoms with van der Waals surface area (Å²) in [5.41, 5.74) is 3.32. The monoisotopic (exact) mass is 466 g/mol. The van der Waals surface area contributed by atoms with E-state index in [-0.39, 0.29) is 11.1 Å². The van der Waals surface area contributed by atoms with Crippen molar-refractivity contribution in [3.63, 3.8) is 0 Å². The smallest absolute Gasteiger partial charge is 0.298 e. The van der Waals surface area contributed by atoms with Gasteiger partial charge in [0.25, 0.3) is 11.1 Å². The Hall–Kier alpha value is -2.77. The first-order valence-corrected chi connectivity index (χ1v) is 12.5. The molecular formula is C26H32N3O3S+. The molecule has 174 valence electrons. The molecule has 2 amide bonds. The number of hydrogen-bond donors (Lipinski definition) is 1. The van der Waals surface area contributed by atoms with Gasteiger partial charge < -0.3 is 14.5 Å². The van der Waals surface area contributed by atoms with Gasteiger partial charge in [0.15, 0.2) is 6.67 Å². The predicted octanol–water partition coefficient (Wildman–Crippen LogP) is 3.57. The molecule has 2 aliphatic rings. The highest BCUT2D eigenvalue weighted by Crippen LogP contribution is 2.33. The largest absolute Gasteiger partial charge is 0.493 e. The number of quaternary nitrogens is 1. The van der Waals surface area contributed by atoms with Gasteiger partial charge in [-0.15, -0.1) is 0 Å². The number of nitrogens with zero attached hydrogens (tertiary/aromatic N) is 2. The molecule has 2 fully saturated rings. The van der Waals surface area contributed by atoms with Crippen molar-refractivity contribution in [3.05, 3.63) is 64.6 Å².